The summed E-state index contributed by atoms with van der Waals surface area (Å²) >= 11 is 0. The van der Waals surface area contributed by atoms with Crippen molar-refractivity contribution in [3.63, 3.8) is 0 Å². The zero-order valence-corrected chi connectivity index (χ0v) is 40.1. The van der Waals surface area contributed by atoms with Crippen molar-refractivity contribution < 1.29 is 43.4 Å². The molecule has 16 nitrogen and oxygen atoms in total. The van der Waals surface area contributed by atoms with E-state index in [-0.39, 0.29) is 42.5 Å². The Hall–Kier alpha value is -6.13. The lowest BCUT2D eigenvalue weighted by molar-refractivity contribution is -0.139. The highest BCUT2D eigenvalue weighted by molar-refractivity contribution is 5.87. The smallest absolute Gasteiger partial charge is 0.242 e. The minimum absolute atomic E-state index is 0.00982. The molecule has 9 N–H and O–H groups in total. The molecule has 3 aromatic rings. The summed E-state index contributed by atoms with van der Waals surface area (Å²) < 4.78 is 5.34. The number of unbranched alkanes of at least 4 members (excludes halogenated alkanes) is 1. The van der Waals surface area contributed by atoms with Crippen molar-refractivity contribution in [1.82, 2.24) is 26.2 Å². The number of likely N-dealkylation sites (N-methyl/N-ethyl adjacent to an activating group) is 1. The van der Waals surface area contributed by atoms with Crippen LogP contribution in [0.4, 0.5) is 0 Å². The van der Waals surface area contributed by atoms with Gasteiger partial charge in [-0.15, -0.1) is 0 Å². The van der Waals surface area contributed by atoms with Gasteiger partial charge in [0.2, 0.25) is 41.9 Å². The van der Waals surface area contributed by atoms with Crippen LogP contribution in [-0.2, 0) is 44.7 Å². The van der Waals surface area contributed by atoms with Crippen molar-refractivity contribution >= 4 is 41.9 Å². The molecule has 1 unspecified atom stereocenters. The number of carbonyl (C=O) groups is 7. The van der Waals surface area contributed by atoms with Crippen molar-refractivity contribution in [3.05, 3.63) is 95.6 Å². The maximum atomic E-state index is 12.2. The van der Waals surface area contributed by atoms with Gasteiger partial charge in [-0.05, 0) is 68.4 Å². The molecule has 7 amide bonds. The average Bonchev–Trinajstić information content (AvgIpc) is 3.55. The number of nitrogens with one attached hydrogen (secondary N) is 4. The largest absolute Gasteiger partial charge is 0.390 e. The molecule has 0 aromatic heterocycles. The van der Waals surface area contributed by atoms with Crippen LogP contribution in [0.15, 0.2) is 78.9 Å². The van der Waals surface area contributed by atoms with Gasteiger partial charge in [0.25, 0.3) is 0 Å². The third-order valence-corrected chi connectivity index (χ3v) is 9.61. The van der Waals surface area contributed by atoms with Crippen LogP contribution in [-0.4, -0.2) is 109 Å². The molecule has 3 aromatic carbocycles. The quantitative estimate of drug-likeness (QED) is 0.0675. The summed E-state index contributed by atoms with van der Waals surface area (Å²) in [4.78, 5) is 76.9. The summed E-state index contributed by atoms with van der Waals surface area (Å²) in [6.07, 6.45) is 4.07. The molecule has 0 fully saturated rings. The van der Waals surface area contributed by atoms with Crippen molar-refractivity contribution in [1.29, 1.82) is 0 Å². The highest BCUT2D eigenvalue weighted by Crippen LogP contribution is 2.44. The van der Waals surface area contributed by atoms with E-state index in [1.165, 1.54) is 36.1 Å². The maximum absolute atomic E-state index is 12.2. The van der Waals surface area contributed by atoms with Crippen LogP contribution in [0.1, 0.15) is 110 Å². The minimum atomic E-state index is -0.828. The molecule has 1 aliphatic carbocycles. The second-order valence-corrected chi connectivity index (χ2v) is 16.5. The molecule has 0 saturated carbocycles. The summed E-state index contributed by atoms with van der Waals surface area (Å²) in [6.45, 7) is 15.7. The van der Waals surface area contributed by atoms with Crippen molar-refractivity contribution in [2.45, 2.75) is 117 Å². The van der Waals surface area contributed by atoms with Gasteiger partial charge in [-0.3, -0.25) is 33.6 Å². The predicted octanol–water partition coefficient (Wildman–Crippen LogP) is 4.11. The fourth-order valence-corrected chi connectivity index (χ4v) is 6.52. The van der Waals surface area contributed by atoms with Crippen molar-refractivity contribution in [3.8, 4) is 11.1 Å². The van der Waals surface area contributed by atoms with Gasteiger partial charge in [0.15, 0.2) is 0 Å². The number of nitrogens with two attached hydrogens (primary N) is 2. The number of nitrogens with zero attached hydrogens (tertiary/aromatic N) is 1. The summed E-state index contributed by atoms with van der Waals surface area (Å²) in [5.41, 5.74) is 14.2. The first-order chi connectivity index (χ1) is 30.6. The van der Waals surface area contributed by atoms with E-state index in [9.17, 15) is 38.7 Å². The molecule has 0 heterocycles. The van der Waals surface area contributed by atoms with Crippen LogP contribution in [0, 0.1) is 0 Å². The standard InChI is InChI=1S/C17H34N2O3.C15H14O.C12H16N2O2.C3H6N2O2.C2H5NO/c1-7-9-11-18-14(20)13-16(3,4)19(15(21)8-2)12-10-17(5,6)22;1-16-10-15-13-8-4-2-6-11(13)12-7-3-5-9-14(12)15;1-9(15)14-11(12(16)13-2)8-10-6-4-3-5-7-10;4-3(7)1-5-2-6;1-2(3)4/h22H,7-13H2,1-6H3,(H,18,20);2-9,15H,10H2,1H3;3-7,11H,8H2,1-2H3,(H,13,16)(H,14,15);2H,1H2,(H2,4,7)(H,5,6);1H3,(H2,3,4). The Morgan fingerprint density at radius 3 is 1.80 bits per heavy atom. The van der Waals surface area contributed by atoms with Crippen LogP contribution in [0.3, 0.4) is 0 Å². The number of rotatable bonds is 19. The summed E-state index contributed by atoms with van der Waals surface area (Å²) in [7, 11) is 3.33. The molecular formula is C49H75N7O9. The zero-order valence-electron chi connectivity index (χ0n) is 40.1. The van der Waals surface area contributed by atoms with Crippen LogP contribution < -0.4 is 32.7 Å². The van der Waals surface area contributed by atoms with Crippen LogP contribution in [0.2, 0.25) is 0 Å². The van der Waals surface area contributed by atoms with E-state index < -0.39 is 23.1 Å². The topological polar surface area (TPSA) is 252 Å². The monoisotopic (exact) mass is 906 g/mol. The van der Waals surface area contributed by atoms with Gasteiger partial charge in [-0.1, -0.05) is 99.1 Å². The summed E-state index contributed by atoms with van der Waals surface area (Å²) in [5, 5.41) is 20.0. The third kappa shape index (κ3) is 25.1. The first-order valence-corrected chi connectivity index (χ1v) is 21.8. The van der Waals surface area contributed by atoms with Crippen LogP contribution in [0.25, 0.3) is 11.1 Å². The van der Waals surface area contributed by atoms with Gasteiger partial charge < -0.3 is 47.5 Å². The van der Waals surface area contributed by atoms with Gasteiger partial charge in [0, 0.05) is 71.8 Å². The second-order valence-electron chi connectivity index (χ2n) is 16.5. The third-order valence-electron chi connectivity index (χ3n) is 9.61. The molecule has 360 valence electrons. The molecule has 0 spiro atoms. The van der Waals surface area contributed by atoms with E-state index in [2.05, 4.69) is 88.2 Å². The zero-order chi connectivity index (χ0) is 49.6. The Balaban J connectivity index is 0.000000854. The Labute approximate surface area is 386 Å². The van der Waals surface area contributed by atoms with Gasteiger partial charge in [-0.25, -0.2) is 0 Å². The number of hydrogen-bond donors (Lipinski definition) is 7. The van der Waals surface area contributed by atoms with Crippen LogP contribution >= 0.6 is 0 Å². The molecule has 65 heavy (non-hydrogen) atoms. The van der Waals surface area contributed by atoms with Gasteiger partial charge in [0.05, 0.1) is 18.8 Å². The highest BCUT2D eigenvalue weighted by atomic mass is 16.5. The van der Waals surface area contributed by atoms with Gasteiger partial charge in [-0.2, -0.15) is 0 Å². The number of benzene rings is 3. The van der Waals surface area contributed by atoms with E-state index in [4.69, 9.17) is 4.74 Å². The van der Waals surface area contributed by atoms with E-state index in [1.54, 1.807) is 32.9 Å². The average molecular weight is 906 g/mol. The Morgan fingerprint density at radius 1 is 0.862 bits per heavy atom. The van der Waals surface area contributed by atoms with Crippen molar-refractivity contribution in [2.24, 2.45) is 11.5 Å². The molecule has 0 saturated heterocycles. The number of hydrogen-bond acceptors (Lipinski definition) is 9. The molecular weight excluding hydrogens is 831 g/mol. The number of aliphatic hydroxyl groups is 1. The first kappa shape index (κ1) is 58.9. The lowest BCUT2D eigenvalue weighted by Crippen LogP contribution is -2.51. The molecule has 0 radical (unpaired) electrons. The lowest BCUT2D eigenvalue weighted by atomic mass is 9.95. The number of amides is 7. The Kier molecular flexibility index (Phi) is 28.7. The Morgan fingerprint density at radius 2 is 1.38 bits per heavy atom. The number of methoxy groups -OCH3 is 1. The van der Waals surface area contributed by atoms with E-state index in [0.29, 0.717) is 44.7 Å². The number of primary amides is 2. The van der Waals surface area contributed by atoms with E-state index >= 15 is 0 Å². The number of fused-ring (bicyclic) bond motifs is 3. The number of carbonyl (C=O) groups excluding carboxylic acids is 7. The van der Waals surface area contributed by atoms with Crippen LogP contribution in [0.5, 0.6) is 0 Å². The molecule has 0 bridgehead atoms. The summed E-state index contributed by atoms with van der Waals surface area (Å²) in [6, 6.07) is 26.3. The molecule has 0 aliphatic heterocycles. The molecule has 1 atom stereocenters. The Bertz CT molecular complexity index is 1870. The second kappa shape index (κ2) is 31.7. The first-order valence-electron chi connectivity index (χ1n) is 21.8. The van der Waals surface area contributed by atoms with Gasteiger partial charge in [0.1, 0.15) is 6.04 Å². The fourth-order valence-electron chi connectivity index (χ4n) is 6.52. The molecule has 16 heteroatoms. The maximum Gasteiger partial charge on any atom is 0.242 e. The van der Waals surface area contributed by atoms with Gasteiger partial charge >= 0.3 is 0 Å². The summed E-state index contributed by atoms with van der Waals surface area (Å²) in [5.74, 6) is -0.876. The van der Waals surface area contributed by atoms with Crippen molar-refractivity contribution in [2.75, 3.05) is 40.4 Å². The number of ether oxygens (including phenoxy) is 1. The highest BCUT2D eigenvalue weighted by Gasteiger charge is 2.33. The van der Waals surface area contributed by atoms with E-state index in [1.807, 2.05) is 51.1 Å². The molecule has 4 rings (SSSR count). The normalized spacial score (nSPS) is 11.5. The van der Waals surface area contributed by atoms with E-state index in [0.717, 1.165) is 25.0 Å². The lowest BCUT2D eigenvalue weighted by Gasteiger charge is -2.39. The molecule has 1 aliphatic rings. The predicted molar refractivity (Wildman–Crippen MR) is 255 cm³/mol. The SMILES string of the molecule is CC(N)=O.CCCCNC(=O)CC(C)(C)N(CCC(C)(C)O)C(=O)CC.CNC(=O)C(Cc1ccccc1)NC(C)=O.COCC1c2ccccc2-c2ccccc21.NC(=O)CNC=O. The minimum Gasteiger partial charge on any atom is -0.390 e. The fraction of sp³-hybridized carbons (Fsp3) is 0.490.